The molecule has 0 atom stereocenters. The van der Waals surface area contributed by atoms with Crippen LogP contribution in [-0.4, -0.2) is 5.48 Å². The van der Waals surface area contributed by atoms with Crippen LogP contribution < -0.4 is 59.1 Å². The molecule has 0 aromatic rings. The molecule has 28 valence electrons. The Labute approximate surface area is 93.0 Å². The molecule has 0 bridgehead atoms. The topological polar surface area (TPSA) is 31.5 Å². The van der Waals surface area contributed by atoms with E-state index in [1.165, 1.54) is 0 Å². The molecule has 0 aliphatic rings. The van der Waals surface area contributed by atoms with Crippen LogP contribution in [0.3, 0.4) is 0 Å². The number of rotatable bonds is 0. The second kappa shape index (κ2) is 30.2. The zero-order chi connectivity index (χ0) is 0. The second-order valence-corrected chi connectivity index (χ2v) is 0. The van der Waals surface area contributed by atoms with Gasteiger partial charge in [-0.2, -0.15) is 27.0 Å². The van der Waals surface area contributed by atoms with Crippen molar-refractivity contribution in [2.24, 2.45) is 0 Å². The minimum atomic E-state index is 0. The Morgan fingerprint density at radius 2 is 0.800 bits per heavy atom. The number of hydrogen-bond donors (Lipinski definition) is 0. The summed E-state index contributed by atoms with van der Waals surface area (Å²) in [7, 11) is 0. The van der Waals surface area contributed by atoms with Crippen LogP contribution in [0.2, 0.25) is 0 Å². The van der Waals surface area contributed by atoms with Gasteiger partial charge < -0.3 is 8.33 Å². The predicted octanol–water partition coefficient (Wildman–Crippen LogP) is -6.37. The van der Waals surface area contributed by atoms with E-state index in [9.17, 15) is 0 Å². The molecule has 1 nitrogen and oxygen atoms in total. The first-order chi connectivity index (χ1) is 0. The van der Waals surface area contributed by atoms with Crippen molar-refractivity contribution in [2.45, 2.75) is 0 Å². The van der Waals surface area contributed by atoms with Crippen molar-refractivity contribution < 1.29 is 67.4 Å². The van der Waals surface area contributed by atoms with Gasteiger partial charge in [0.05, 0.1) is 0 Å². The summed E-state index contributed by atoms with van der Waals surface area (Å²) in [6.07, 6.45) is 0. The summed E-state index contributed by atoms with van der Waals surface area (Å²) in [6, 6.07) is 0. The maximum Gasteiger partial charge on any atom is 1.00 e. The fourth-order valence-electron chi connectivity index (χ4n) is 0. The first-order valence-electron chi connectivity index (χ1n) is 0. The molecule has 0 saturated carbocycles. The molecule has 0 fully saturated rings. The van der Waals surface area contributed by atoms with Gasteiger partial charge in [-0.3, -0.25) is 0 Å². The number of hydrogen-bond acceptors (Lipinski definition) is 0. The van der Waals surface area contributed by atoms with Crippen LogP contribution in [0.25, 0.3) is 0 Å². The molecule has 0 unspecified atom stereocenters. The minimum Gasteiger partial charge on any atom is -1.00 e. The van der Waals surface area contributed by atoms with Crippen LogP contribution in [0, 0.1) is 0 Å². The van der Waals surface area contributed by atoms with Crippen LogP contribution in [0.15, 0.2) is 0 Å². The SMILES string of the molecule is O.S.S.[H-].[H-].[Na+].[Na+]. The molecule has 2 N–H and O–H groups in total. The Morgan fingerprint density at radius 1 is 0.800 bits per heavy atom. The molecule has 5 heteroatoms. The normalized spacial score (nSPS) is 0. The molecular formula is H8Na2OS2. The summed E-state index contributed by atoms with van der Waals surface area (Å²) in [5.41, 5.74) is 0. The van der Waals surface area contributed by atoms with Gasteiger partial charge in [-0.05, 0) is 0 Å². The Kier molecular flexibility index (Phi) is 290. The van der Waals surface area contributed by atoms with Gasteiger partial charge >= 0.3 is 59.1 Å². The van der Waals surface area contributed by atoms with E-state index < -0.39 is 0 Å². The molecule has 0 radical (unpaired) electrons. The largest absolute Gasteiger partial charge is 1.00 e. The van der Waals surface area contributed by atoms with Crippen molar-refractivity contribution in [2.75, 3.05) is 0 Å². The van der Waals surface area contributed by atoms with Gasteiger partial charge in [0.15, 0.2) is 0 Å². The second-order valence-electron chi connectivity index (χ2n) is 0. The first kappa shape index (κ1) is 48.0. The molecule has 0 rings (SSSR count). The van der Waals surface area contributed by atoms with E-state index in [-0.39, 0.29) is 94.4 Å². The van der Waals surface area contributed by atoms with Crippen molar-refractivity contribution >= 4 is 27.0 Å². The quantitative estimate of drug-likeness (QED) is 0.295. The first-order valence-corrected chi connectivity index (χ1v) is 0. The molecule has 0 aromatic carbocycles. The molecule has 0 aromatic heterocycles. The van der Waals surface area contributed by atoms with Crippen LogP contribution in [-0.2, 0) is 0 Å². The summed E-state index contributed by atoms with van der Waals surface area (Å²) in [5.74, 6) is 0. The smallest absolute Gasteiger partial charge is 1.00 e. The Balaban J connectivity index is 0. The van der Waals surface area contributed by atoms with Gasteiger partial charge in [0, 0.05) is 0 Å². The van der Waals surface area contributed by atoms with Gasteiger partial charge in [-0.1, -0.05) is 0 Å². The van der Waals surface area contributed by atoms with E-state index in [2.05, 4.69) is 0 Å². The Bertz CT molecular complexity index is 13.7. The predicted molar refractivity (Wildman–Crippen MR) is 26.6 cm³/mol. The standard InChI is InChI=1S/2Na.H2O.2H2S.2H/h;;3*1H2;;/q2*+1;;;;2*-1. The molecule has 0 spiro atoms. The maximum atomic E-state index is 0. The third kappa shape index (κ3) is 20.4. The van der Waals surface area contributed by atoms with Crippen LogP contribution in [0.5, 0.6) is 0 Å². The zero-order valence-electron chi connectivity index (χ0n) is 5.50. The summed E-state index contributed by atoms with van der Waals surface area (Å²) >= 11 is 0. The molecule has 0 amide bonds. The Hall–Kier alpha value is 2.66. The average molecular weight is 134 g/mol. The van der Waals surface area contributed by atoms with Gasteiger partial charge in [-0.25, -0.2) is 0 Å². The molecule has 0 saturated heterocycles. The van der Waals surface area contributed by atoms with Crippen LogP contribution in [0.4, 0.5) is 0 Å². The molecule has 0 aliphatic heterocycles. The average Bonchev–Trinajstić information content (AvgIpc) is 0. The van der Waals surface area contributed by atoms with Crippen molar-refractivity contribution in [1.82, 2.24) is 0 Å². The van der Waals surface area contributed by atoms with Crippen molar-refractivity contribution in [3.8, 4) is 0 Å². The van der Waals surface area contributed by atoms with Gasteiger partial charge in [0.2, 0.25) is 0 Å². The van der Waals surface area contributed by atoms with Gasteiger partial charge in [-0.15, -0.1) is 0 Å². The van der Waals surface area contributed by atoms with E-state index >= 15 is 0 Å². The van der Waals surface area contributed by atoms with Crippen molar-refractivity contribution in [3.05, 3.63) is 0 Å². The molecule has 5 heavy (non-hydrogen) atoms. The van der Waals surface area contributed by atoms with E-state index in [0.717, 1.165) is 0 Å². The van der Waals surface area contributed by atoms with Gasteiger partial charge in [0.25, 0.3) is 0 Å². The van der Waals surface area contributed by atoms with Crippen molar-refractivity contribution in [3.63, 3.8) is 0 Å². The van der Waals surface area contributed by atoms with Gasteiger partial charge in [0.1, 0.15) is 0 Å². The van der Waals surface area contributed by atoms with E-state index in [1.54, 1.807) is 0 Å². The Morgan fingerprint density at radius 3 is 0.800 bits per heavy atom. The van der Waals surface area contributed by atoms with E-state index in [0.29, 0.717) is 0 Å². The molecular weight excluding hydrogens is 126 g/mol. The summed E-state index contributed by atoms with van der Waals surface area (Å²) < 4.78 is 0. The summed E-state index contributed by atoms with van der Waals surface area (Å²) in [6.45, 7) is 0. The summed E-state index contributed by atoms with van der Waals surface area (Å²) in [5, 5.41) is 0. The third-order valence-electron chi connectivity index (χ3n) is 0. The molecule has 0 heterocycles. The van der Waals surface area contributed by atoms with E-state index in [4.69, 9.17) is 0 Å². The fraction of sp³-hybridized carbons (Fsp3) is 0. The van der Waals surface area contributed by atoms with Crippen LogP contribution >= 0.6 is 27.0 Å². The van der Waals surface area contributed by atoms with Crippen molar-refractivity contribution in [1.29, 1.82) is 0 Å². The molecule has 0 aliphatic carbocycles. The van der Waals surface area contributed by atoms with E-state index in [1.807, 2.05) is 0 Å². The fourth-order valence-corrected chi connectivity index (χ4v) is 0. The van der Waals surface area contributed by atoms with Crippen LogP contribution in [0.1, 0.15) is 2.85 Å². The maximum absolute atomic E-state index is 0. The third-order valence-corrected chi connectivity index (χ3v) is 0. The minimum absolute atomic E-state index is 0. The zero-order valence-corrected chi connectivity index (χ0v) is 9.50. The monoisotopic (exact) mass is 134 g/mol. The summed E-state index contributed by atoms with van der Waals surface area (Å²) in [4.78, 5) is 0.